The second-order valence-corrected chi connectivity index (χ2v) is 5.73. The van der Waals surface area contributed by atoms with Crippen LogP contribution in [0.15, 0.2) is 30.5 Å². The molecule has 5 heteroatoms. The van der Waals surface area contributed by atoms with Crippen LogP contribution in [0, 0.1) is 0 Å². The van der Waals surface area contributed by atoms with Crippen molar-refractivity contribution in [2.75, 3.05) is 31.2 Å². The maximum Gasteiger partial charge on any atom is 0.0950 e. The molecule has 1 unspecified atom stereocenters. The van der Waals surface area contributed by atoms with Gasteiger partial charge in [0.15, 0.2) is 0 Å². The van der Waals surface area contributed by atoms with Crippen LogP contribution in [0.1, 0.15) is 13.8 Å². The first-order valence-electron chi connectivity index (χ1n) is 7.54. The lowest BCUT2D eigenvalue weighted by molar-refractivity contribution is 0.0933. The molecular weight excluding hydrogens is 264 g/mol. The van der Waals surface area contributed by atoms with Gasteiger partial charge in [0.25, 0.3) is 0 Å². The van der Waals surface area contributed by atoms with Gasteiger partial charge in [-0.15, -0.1) is 0 Å². The molecule has 2 aromatic rings. The molecule has 1 aliphatic heterocycles. The molecule has 2 heterocycles. The van der Waals surface area contributed by atoms with Crippen LogP contribution < -0.4 is 10.2 Å². The minimum Gasteiger partial charge on any atom is -0.377 e. The fourth-order valence-electron chi connectivity index (χ4n) is 2.73. The third kappa shape index (κ3) is 3.14. The molecule has 3 rings (SSSR count). The van der Waals surface area contributed by atoms with E-state index >= 15 is 0 Å². The molecule has 21 heavy (non-hydrogen) atoms. The lowest BCUT2D eigenvalue weighted by Gasteiger charge is -2.38. The van der Waals surface area contributed by atoms with Crippen LogP contribution in [0.4, 0.5) is 5.69 Å². The van der Waals surface area contributed by atoms with Gasteiger partial charge in [-0.3, -0.25) is 0 Å². The van der Waals surface area contributed by atoms with Crippen LogP contribution in [0.3, 0.4) is 0 Å². The lowest BCUT2D eigenvalue weighted by atomic mass is 10.1. The molecule has 1 N–H and O–H groups in total. The highest BCUT2D eigenvalue weighted by Crippen LogP contribution is 2.26. The van der Waals surface area contributed by atoms with Crippen LogP contribution in [-0.4, -0.2) is 48.6 Å². The number of rotatable bonds is 4. The third-order valence-electron chi connectivity index (χ3n) is 3.82. The zero-order chi connectivity index (χ0) is 14.7. The van der Waals surface area contributed by atoms with Crippen molar-refractivity contribution in [2.24, 2.45) is 0 Å². The first kappa shape index (κ1) is 14.2. The molecule has 1 aromatic carbocycles. The van der Waals surface area contributed by atoms with E-state index in [4.69, 9.17) is 4.74 Å². The normalized spacial score (nSPS) is 19.4. The van der Waals surface area contributed by atoms with Crippen molar-refractivity contribution in [1.29, 1.82) is 0 Å². The molecule has 1 saturated heterocycles. The summed E-state index contributed by atoms with van der Waals surface area (Å²) in [4.78, 5) is 2.40. The Morgan fingerprint density at radius 1 is 1.38 bits per heavy atom. The molecule has 0 bridgehead atoms. The van der Waals surface area contributed by atoms with E-state index < -0.39 is 0 Å². The van der Waals surface area contributed by atoms with E-state index in [1.54, 1.807) is 0 Å². The van der Waals surface area contributed by atoms with Gasteiger partial charge in [-0.2, -0.15) is 10.2 Å². The van der Waals surface area contributed by atoms with Crippen molar-refractivity contribution in [2.45, 2.75) is 25.9 Å². The number of ether oxygens (including phenoxy) is 1. The summed E-state index contributed by atoms with van der Waals surface area (Å²) >= 11 is 0. The van der Waals surface area contributed by atoms with Gasteiger partial charge in [-0.1, -0.05) is 32.0 Å². The first-order chi connectivity index (χ1) is 10.3. The summed E-state index contributed by atoms with van der Waals surface area (Å²) in [5.41, 5.74) is 2.09. The summed E-state index contributed by atoms with van der Waals surface area (Å²) in [5, 5.41) is 13.0. The van der Waals surface area contributed by atoms with E-state index in [-0.39, 0.29) is 0 Å². The molecule has 0 amide bonds. The van der Waals surface area contributed by atoms with Gasteiger partial charge in [-0.25, -0.2) is 0 Å². The minimum atomic E-state index is 0.328. The number of morpholine rings is 1. The van der Waals surface area contributed by atoms with Gasteiger partial charge in [0.05, 0.1) is 36.7 Å². The largest absolute Gasteiger partial charge is 0.377 e. The molecule has 0 aliphatic carbocycles. The SMILES string of the molecule is CC(C)NCC1COCCN1c1cnnc2ccccc12. The van der Waals surface area contributed by atoms with Crippen LogP contribution in [0.2, 0.25) is 0 Å². The minimum absolute atomic E-state index is 0.328. The number of hydrogen-bond donors (Lipinski definition) is 1. The van der Waals surface area contributed by atoms with Crippen molar-refractivity contribution >= 4 is 16.6 Å². The van der Waals surface area contributed by atoms with Gasteiger partial charge < -0.3 is 15.0 Å². The van der Waals surface area contributed by atoms with Gasteiger partial charge in [0, 0.05) is 24.5 Å². The summed E-state index contributed by atoms with van der Waals surface area (Å²) < 4.78 is 5.66. The monoisotopic (exact) mass is 286 g/mol. The summed E-state index contributed by atoms with van der Waals surface area (Å²) in [6, 6.07) is 8.97. The zero-order valence-electron chi connectivity index (χ0n) is 12.6. The summed E-state index contributed by atoms with van der Waals surface area (Å²) in [6.07, 6.45) is 1.87. The Labute approximate surface area is 125 Å². The standard InChI is InChI=1S/C16H22N4O/c1-12(2)17-9-13-11-21-8-7-20(13)16-10-18-19-15-6-4-3-5-14(15)16/h3-6,10,12-13,17H,7-9,11H2,1-2H3. The average Bonchev–Trinajstić information content (AvgIpc) is 2.53. The van der Waals surface area contributed by atoms with E-state index in [1.807, 2.05) is 18.3 Å². The van der Waals surface area contributed by atoms with Crippen molar-refractivity contribution in [1.82, 2.24) is 15.5 Å². The maximum absolute atomic E-state index is 5.66. The molecule has 112 valence electrons. The Morgan fingerprint density at radius 3 is 3.10 bits per heavy atom. The molecule has 1 aliphatic rings. The first-order valence-corrected chi connectivity index (χ1v) is 7.54. The van der Waals surface area contributed by atoms with E-state index in [9.17, 15) is 0 Å². The van der Waals surface area contributed by atoms with Crippen LogP contribution in [0.25, 0.3) is 10.9 Å². The number of nitrogens with one attached hydrogen (secondary N) is 1. The fraction of sp³-hybridized carbons (Fsp3) is 0.500. The summed E-state index contributed by atoms with van der Waals surface area (Å²) in [5.74, 6) is 0. The van der Waals surface area contributed by atoms with Crippen LogP contribution in [0.5, 0.6) is 0 Å². The summed E-state index contributed by atoms with van der Waals surface area (Å²) in [6.45, 7) is 7.63. The van der Waals surface area contributed by atoms with Crippen molar-refractivity contribution in [3.63, 3.8) is 0 Å². The van der Waals surface area contributed by atoms with E-state index in [2.05, 4.69) is 46.4 Å². The van der Waals surface area contributed by atoms with Crippen molar-refractivity contribution in [3.05, 3.63) is 30.5 Å². The van der Waals surface area contributed by atoms with Crippen LogP contribution in [-0.2, 0) is 4.74 Å². The second-order valence-electron chi connectivity index (χ2n) is 5.73. The zero-order valence-corrected chi connectivity index (χ0v) is 12.6. The van der Waals surface area contributed by atoms with Gasteiger partial charge in [0.1, 0.15) is 0 Å². The molecule has 1 atom stereocenters. The van der Waals surface area contributed by atoms with Crippen molar-refractivity contribution in [3.8, 4) is 0 Å². The fourth-order valence-corrected chi connectivity index (χ4v) is 2.73. The molecule has 0 spiro atoms. The van der Waals surface area contributed by atoms with E-state index in [0.29, 0.717) is 12.1 Å². The average molecular weight is 286 g/mol. The molecule has 0 radical (unpaired) electrons. The maximum atomic E-state index is 5.66. The Balaban J connectivity index is 1.91. The van der Waals surface area contributed by atoms with Crippen molar-refractivity contribution < 1.29 is 4.74 Å². The molecular formula is C16H22N4O. The highest BCUT2D eigenvalue weighted by molar-refractivity contribution is 5.90. The van der Waals surface area contributed by atoms with E-state index in [1.165, 1.54) is 0 Å². The second kappa shape index (κ2) is 6.37. The number of fused-ring (bicyclic) bond motifs is 1. The summed E-state index contributed by atoms with van der Waals surface area (Å²) in [7, 11) is 0. The molecule has 5 nitrogen and oxygen atoms in total. The molecule has 1 aromatic heterocycles. The Bertz CT molecular complexity index is 596. The lowest BCUT2D eigenvalue weighted by Crippen LogP contribution is -2.51. The van der Waals surface area contributed by atoms with Gasteiger partial charge >= 0.3 is 0 Å². The highest BCUT2D eigenvalue weighted by Gasteiger charge is 2.25. The Hall–Kier alpha value is -1.72. The number of aromatic nitrogens is 2. The number of hydrogen-bond acceptors (Lipinski definition) is 5. The predicted octanol–water partition coefficient (Wildman–Crippen LogP) is 1.83. The number of benzene rings is 1. The van der Waals surface area contributed by atoms with Gasteiger partial charge in [-0.05, 0) is 6.07 Å². The number of anilines is 1. The quantitative estimate of drug-likeness (QED) is 0.929. The predicted molar refractivity (Wildman–Crippen MR) is 84.6 cm³/mol. The van der Waals surface area contributed by atoms with E-state index in [0.717, 1.165) is 42.9 Å². The molecule has 1 fully saturated rings. The van der Waals surface area contributed by atoms with Gasteiger partial charge in [0.2, 0.25) is 0 Å². The Kier molecular flexibility index (Phi) is 4.31. The third-order valence-corrected chi connectivity index (χ3v) is 3.82. The topological polar surface area (TPSA) is 50.3 Å². The Morgan fingerprint density at radius 2 is 2.24 bits per heavy atom. The van der Waals surface area contributed by atoms with Crippen LogP contribution >= 0.6 is 0 Å². The highest BCUT2D eigenvalue weighted by atomic mass is 16.5. The number of nitrogens with zero attached hydrogens (tertiary/aromatic N) is 3. The molecule has 0 saturated carbocycles. The smallest absolute Gasteiger partial charge is 0.0950 e.